The minimum absolute atomic E-state index is 0.0143. The van der Waals surface area contributed by atoms with Crippen LogP contribution in [0, 0.1) is 11.6 Å². The monoisotopic (exact) mass is 411 g/mol. The number of alkyl halides is 3. The van der Waals surface area contributed by atoms with Crippen molar-refractivity contribution in [3.05, 3.63) is 65.9 Å². The summed E-state index contributed by atoms with van der Waals surface area (Å²) in [4.78, 5) is 18.0. The molecule has 1 heterocycles. The minimum Gasteiger partial charge on any atom is -0.482 e. The van der Waals surface area contributed by atoms with Crippen LogP contribution >= 0.6 is 0 Å². The number of benzene rings is 2. The summed E-state index contributed by atoms with van der Waals surface area (Å²) in [5, 5.41) is 0. The normalized spacial score (nSPS) is 17.4. The minimum atomic E-state index is -4.62. The van der Waals surface area contributed by atoms with Crippen LogP contribution in [0.1, 0.15) is 0 Å². The van der Waals surface area contributed by atoms with Gasteiger partial charge in [-0.3, -0.25) is 4.79 Å². The van der Waals surface area contributed by atoms with E-state index in [4.69, 9.17) is 5.73 Å². The molecule has 0 radical (unpaired) electrons. The van der Waals surface area contributed by atoms with Crippen molar-refractivity contribution in [2.45, 2.75) is 6.18 Å². The SMILES string of the molecule is NC=C1C(=O)N(c2ccc(F)cc2)CC1=Nc1ccc(F)cc1OCC(F)(F)F. The second-order valence-corrected chi connectivity index (χ2v) is 6.02. The van der Waals surface area contributed by atoms with Gasteiger partial charge < -0.3 is 15.4 Å². The first kappa shape index (κ1) is 20.3. The van der Waals surface area contributed by atoms with Gasteiger partial charge in [0.2, 0.25) is 0 Å². The standard InChI is InChI=1S/C19H14F5N3O2/c20-11-1-4-13(5-2-11)27-9-16(14(8-25)18(27)28)26-15-6-3-12(21)7-17(15)29-10-19(22,23)24/h1-8H,9-10,25H2. The molecule has 10 heteroatoms. The maximum Gasteiger partial charge on any atom is 0.422 e. The Morgan fingerprint density at radius 1 is 1.10 bits per heavy atom. The van der Waals surface area contributed by atoms with Crippen molar-refractivity contribution in [1.29, 1.82) is 0 Å². The van der Waals surface area contributed by atoms with Gasteiger partial charge in [-0.15, -0.1) is 0 Å². The van der Waals surface area contributed by atoms with Crippen molar-refractivity contribution in [2.75, 3.05) is 18.1 Å². The number of nitrogens with zero attached hydrogens (tertiary/aromatic N) is 2. The Morgan fingerprint density at radius 2 is 1.76 bits per heavy atom. The summed E-state index contributed by atoms with van der Waals surface area (Å²) in [6.45, 7) is -1.70. The van der Waals surface area contributed by atoms with E-state index >= 15 is 0 Å². The topological polar surface area (TPSA) is 67.9 Å². The van der Waals surface area contributed by atoms with Crippen molar-refractivity contribution in [3.8, 4) is 5.75 Å². The van der Waals surface area contributed by atoms with E-state index in [-0.39, 0.29) is 23.5 Å². The Bertz CT molecular complexity index is 984. The molecule has 1 saturated heterocycles. The molecule has 3 rings (SSSR count). The number of carbonyl (C=O) groups is 1. The van der Waals surface area contributed by atoms with E-state index in [9.17, 15) is 26.7 Å². The highest BCUT2D eigenvalue weighted by molar-refractivity contribution is 6.34. The van der Waals surface area contributed by atoms with Gasteiger partial charge in [0.15, 0.2) is 6.61 Å². The van der Waals surface area contributed by atoms with Crippen LogP contribution in [0.4, 0.5) is 33.3 Å². The van der Waals surface area contributed by atoms with Gasteiger partial charge in [0.1, 0.15) is 23.1 Å². The van der Waals surface area contributed by atoms with Crippen LogP contribution in [0.15, 0.2) is 59.2 Å². The van der Waals surface area contributed by atoms with Gasteiger partial charge in [0.05, 0.1) is 17.8 Å². The molecule has 0 aromatic heterocycles. The lowest BCUT2D eigenvalue weighted by Gasteiger charge is -2.14. The smallest absolute Gasteiger partial charge is 0.422 e. The van der Waals surface area contributed by atoms with Crippen LogP contribution in [0.3, 0.4) is 0 Å². The molecule has 2 N–H and O–H groups in total. The number of carbonyl (C=O) groups excluding carboxylic acids is 1. The Morgan fingerprint density at radius 3 is 2.38 bits per heavy atom. The Balaban J connectivity index is 1.95. The van der Waals surface area contributed by atoms with Gasteiger partial charge in [-0.25, -0.2) is 13.8 Å². The van der Waals surface area contributed by atoms with Crippen molar-refractivity contribution >= 4 is 23.0 Å². The molecule has 1 aliphatic rings. The second kappa shape index (κ2) is 7.90. The summed E-state index contributed by atoms with van der Waals surface area (Å²) < 4.78 is 68.6. The van der Waals surface area contributed by atoms with E-state index in [1.54, 1.807) is 0 Å². The van der Waals surface area contributed by atoms with E-state index in [0.717, 1.165) is 24.4 Å². The molecule has 5 nitrogen and oxygen atoms in total. The number of rotatable bonds is 4. The molecule has 0 bridgehead atoms. The highest BCUT2D eigenvalue weighted by Gasteiger charge is 2.33. The predicted octanol–water partition coefficient (Wildman–Crippen LogP) is 3.87. The molecule has 29 heavy (non-hydrogen) atoms. The van der Waals surface area contributed by atoms with E-state index < -0.39 is 36.1 Å². The molecule has 0 saturated carbocycles. The highest BCUT2D eigenvalue weighted by atomic mass is 19.4. The lowest BCUT2D eigenvalue weighted by molar-refractivity contribution is -0.153. The molecule has 1 amide bonds. The molecule has 0 spiro atoms. The summed E-state index contributed by atoms with van der Waals surface area (Å²) in [7, 11) is 0. The third-order valence-electron chi connectivity index (χ3n) is 3.97. The maximum absolute atomic E-state index is 13.5. The third-order valence-corrected chi connectivity index (χ3v) is 3.97. The number of ether oxygens (including phenoxy) is 1. The largest absolute Gasteiger partial charge is 0.482 e. The number of halogens is 5. The molecule has 152 valence electrons. The number of hydrogen-bond acceptors (Lipinski definition) is 4. The van der Waals surface area contributed by atoms with Gasteiger partial charge in [-0.2, -0.15) is 13.2 Å². The average Bonchev–Trinajstić information content (AvgIpc) is 2.97. The lowest BCUT2D eigenvalue weighted by Crippen LogP contribution is -2.24. The molecular formula is C19H14F5N3O2. The molecule has 2 aromatic rings. The van der Waals surface area contributed by atoms with E-state index in [2.05, 4.69) is 9.73 Å². The van der Waals surface area contributed by atoms with Gasteiger partial charge in [-0.05, 0) is 36.4 Å². The quantitative estimate of drug-likeness (QED) is 0.614. The molecule has 1 aliphatic heterocycles. The third kappa shape index (κ3) is 4.71. The number of hydrogen-bond donors (Lipinski definition) is 1. The van der Waals surface area contributed by atoms with Crippen LogP contribution in [-0.4, -0.2) is 30.9 Å². The van der Waals surface area contributed by atoms with Crippen LogP contribution in [0.2, 0.25) is 0 Å². The van der Waals surface area contributed by atoms with Gasteiger partial charge >= 0.3 is 6.18 Å². The predicted molar refractivity (Wildman–Crippen MR) is 96.1 cm³/mol. The molecule has 0 aliphatic carbocycles. The summed E-state index contributed by atoms with van der Waals surface area (Å²) >= 11 is 0. The summed E-state index contributed by atoms with van der Waals surface area (Å²) in [5.41, 5.74) is 5.96. The Kier molecular flexibility index (Phi) is 5.53. The first-order chi connectivity index (χ1) is 13.7. The summed E-state index contributed by atoms with van der Waals surface area (Å²) in [6.07, 6.45) is -3.60. The fourth-order valence-corrected chi connectivity index (χ4v) is 2.67. The first-order valence-corrected chi connectivity index (χ1v) is 8.24. The molecule has 1 fully saturated rings. The molecular weight excluding hydrogens is 397 g/mol. The molecule has 2 aromatic carbocycles. The number of anilines is 1. The fraction of sp³-hybridized carbons (Fsp3) is 0.158. The van der Waals surface area contributed by atoms with Crippen LogP contribution < -0.4 is 15.4 Å². The molecule has 0 unspecified atom stereocenters. The van der Waals surface area contributed by atoms with Crippen molar-refractivity contribution in [1.82, 2.24) is 0 Å². The van der Waals surface area contributed by atoms with Gasteiger partial charge in [0.25, 0.3) is 5.91 Å². The summed E-state index contributed by atoms with van der Waals surface area (Å²) in [6, 6.07) is 8.03. The van der Waals surface area contributed by atoms with Crippen molar-refractivity contribution < 1.29 is 31.5 Å². The van der Waals surface area contributed by atoms with Crippen molar-refractivity contribution in [3.63, 3.8) is 0 Å². The molecule has 0 atom stereocenters. The van der Waals surface area contributed by atoms with E-state index in [1.807, 2.05) is 0 Å². The van der Waals surface area contributed by atoms with Crippen LogP contribution in [0.5, 0.6) is 5.75 Å². The summed E-state index contributed by atoms with van der Waals surface area (Å²) in [5.74, 6) is -2.24. The number of aliphatic imine (C=N–C) groups is 1. The zero-order chi connectivity index (χ0) is 21.2. The van der Waals surface area contributed by atoms with Crippen molar-refractivity contribution in [2.24, 2.45) is 10.7 Å². The van der Waals surface area contributed by atoms with Crippen LogP contribution in [-0.2, 0) is 4.79 Å². The fourth-order valence-electron chi connectivity index (χ4n) is 2.67. The zero-order valence-electron chi connectivity index (χ0n) is 14.7. The Labute approximate surface area is 161 Å². The number of amides is 1. The lowest BCUT2D eigenvalue weighted by atomic mass is 10.2. The maximum atomic E-state index is 13.5. The number of nitrogens with two attached hydrogens (primary N) is 1. The van der Waals surface area contributed by atoms with Gasteiger partial charge in [0, 0.05) is 18.0 Å². The second-order valence-electron chi connectivity index (χ2n) is 6.02. The highest BCUT2D eigenvalue weighted by Crippen LogP contribution is 2.32. The van der Waals surface area contributed by atoms with Gasteiger partial charge in [-0.1, -0.05) is 0 Å². The van der Waals surface area contributed by atoms with E-state index in [0.29, 0.717) is 5.69 Å². The first-order valence-electron chi connectivity index (χ1n) is 8.24. The zero-order valence-corrected chi connectivity index (χ0v) is 14.7. The average molecular weight is 411 g/mol. The Hall–Kier alpha value is -3.43. The van der Waals surface area contributed by atoms with E-state index in [1.165, 1.54) is 29.2 Å². The van der Waals surface area contributed by atoms with Crippen LogP contribution in [0.25, 0.3) is 0 Å².